The fraction of sp³-hybridized carbons (Fsp3) is 0.190. The Hall–Kier alpha value is -4.41. The van der Waals surface area contributed by atoms with Crippen LogP contribution in [0.3, 0.4) is 0 Å². The molecule has 11 nitrogen and oxygen atoms in total. The van der Waals surface area contributed by atoms with Crippen molar-refractivity contribution in [2.45, 2.75) is 6.92 Å². The Labute approximate surface area is 182 Å². The number of ether oxygens (including phenoxy) is 2. The van der Waals surface area contributed by atoms with Crippen LogP contribution >= 0.6 is 0 Å². The lowest BCUT2D eigenvalue weighted by atomic mass is 10.1. The van der Waals surface area contributed by atoms with Gasteiger partial charge in [0.1, 0.15) is 12.2 Å². The van der Waals surface area contributed by atoms with E-state index in [0.29, 0.717) is 10.6 Å². The summed E-state index contributed by atoms with van der Waals surface area (Å²) in [4.78, 5) is 48.7. The lowest BCUT2D eigenvalue weighted by Crippen LogP contribution is -2.38. The Morgan fingerprint density at radius 1 is 1.16 bits per heavy atom. The number of urea groups is 1. The summed E-state index contributed by atoms with van der Waals surface area (Å²) in [5, 5.41) is 16.4. The monoisotopic (exact) mass is 440 g/mol. The van der Waals surface area contributed by atoms with E-state index in [1.54, 1.807) is 24.3 Å². The third kappa shape index (κ3) is 4.67. The van der Waals surface area contributed by atoms with Gasteiger partial charge in [0.2, 0.25) is 5.91 Å². The molecule has 3 rings (SSSR count). The van der Waals surface area contributed by atoms with Crippen LogP contribution in [-0.4, -0.2) is 48.4 Å². The molecule has 0 radical (unpaired) electrons. The molecule has 0 aliphatic carbocycles. The quantitative estimate of drug-likeness (QED) is 0.292. The van der Waals surface area contributed by atoms with Gasteiger partial charge in [-0.3, -0.25) is 19.7 Å². The van der Waals surface area contributed by atoms with Crippen molar-refractivity contribution in [1.29, 1.82) is 0 Å². The number of aryl methyl sites for hydroxylation is 1. The van der Waals surface area contributed by atoms with Crippen molar-refractivity contribution in [3.63, 3.8) is 0 Å². The second-order valence-corrected chi connectivity index (χ2v) is 6.82. The zero-order valence-electron chi connectivity index (χ0n) is 17.5. The van der Waals surface area contributed by atoms with E-state index in [1.807, 2.05) is 6.92 Å². The van der Waals surface area contributed by atoms with Crippen molar-refractivity contribution in [2.24, 2.45) is 0 Å². The number of carbonyl (C=O) groups excluding carboxylic acids is 3. The van der Waals surface area contributed by atoms with Crippen LogP contribution in [0.4, 0.5) is 16.2 Å². The molecule has 2 aromatic rings. The molecule has 0 aromatic heterocycles. The SMILES string of the molecule is COc1cc(/C=C2/NC(=O)N(CC(=O)Nc3ccc(C)cc3)C2=O)c([N+](=O)[O-])cc1OC. The maximum absolute atomic E-state index is 12.7. The molecule has 1 saturated heterocycles. The van der Waals surface area contributed by atoms with E-state index in [0.717, 1.165) is 17.7 Å². The van der Waals surface area contributed by atoms with Gasteiger partial charge in [0.15, 0.2) is 11.5 Å². The van der Waals surface area contributed by atoms with Crippen LogP contribution < -0.4 is 20.1 Å². The number of methoxy groups -OCH3 is 2. The van der Waals surface area contributed by atoms with Crippen LogP contribution in [0.15, 0.2) is 42.1 Å². The molecular weight excluding hydrogens is 420 g/mol. The highest BCUT2D eigenvalue weighted by atomic mass is 16.6. The fourth-order valence-corrected chi connectivity index (χ4v) is 3.01. The van der Waals surface area contributed by atoms with E-state index in [2.05, 4.69) is 10.6 Å². The summed E-state index contributed by atoms with van der Waals surface area (Å²) < 4.78 is 10.2. The van der Waals surface area contributed by atoms with Crippen LogP contribution in [0.1, 0.15) is 11.1 Å². The minimum absolute atomic E-state index is 0.0160. The number of nitro groups is 1. The number of carbonyl (C=O) groups is 3. The van der Waals surface area contributed by atoms with Crippen LogP contribution in [0.5, 0.6) is 11.5 Å². The predicted molar refractivity (Wildman–Crippen MR) is 114 cm³/mol. The predicted octanol–water partition coefficient (Wildman–Crippen LogP) is 2.45. The van der Waals surface area contributed by atoms with Gasteiger partial charge in [-0.1, -0.05) is 17.7 Å². The van der Waals surface area contributed by atoms with Crippen molar-refractivity contribution in [3.8, 4) is 11.5 Å². The first-order chi connectivity index (χ1) is 15.2. The van der Waals surface area contributed by atoms with Crippen molar-refractivity contribution in [3.05, 3.63) is 63.3 Å². The molecule has 1 aliphatic rings. The first-order valence-electron chi connectivity index (χ1n) is 9.35. The van der Waals surface area contributed by atoms with Crippen molar-refractivity contribution < 1.29 is 28.8 Å². The van der Waals surface area contributed by atoms with Crippen LogP contribution in [0, 0.1) is 17.0 Å². The fourth-order valence-electron chi connectivity index (χ4n) is 3.01. The lowest BCUT2D eigenvalue weighted by molar-refractivity contribution is -0.385. The summed E-state index contributed by atoms with van der Waals surface area (Å²) in [6, 6.07) is 8.65. The molecule has 0 saturated carbocycles. The topological polar surface area (TPSA) is 140 Å². The Balaban J connectivity index is 1.83. The van der Waals surface area contributed by atoms with Gasteiger partial charge < -0.3 is 20.1 Å². The molecule has 32 heavy (non-hydrogen) atoms. The normalized spacial score (nSPS) is 14.3. The Morgan fingerprint density at radius 3 is 2.38 bits per heavy atom. The highest BCUT2D eigenvalue weighted by Gasteiger charge is 2.35. The highest BCUT2D eigenvalue weighted by molar-refractivity contribution is 6.16. The molecule has 0 unspecified atom stereocenters. The van der Waals surface area contributed by atoms with Crippen molar-refractivity contribution >= 4 is 35.3 Å². The van der Waals surface area contributed by atoms with Crippen LogP contribution in [-0.2, 0) is 9.59 Å². The zero-order valence-corrected chi connectivity index (χ0v) is 17.5. The maximum atomic E-state index is 12.7. The molecule has 0 atom stereocenters. The zero-order chi connectivity index (χ0) is 23.4. The van der Waals surface area contributed by atoms with Crippen LogP contribution in [0.2, 0.25) is 0 Å². The number of amides is 4. The lowest BCUT2D eigenvalue weighted by Gasteiger charge is -2.12. The number of benzene rings is 2. The summed E-state index contributed by atoms with van der Waals surface area (Å²) in [5.41, 5.74) is 0.976. The third-order valence-electron chi connectivity index (χ3n) is 4.63. The minimum Gasteiger partial charge on any atom is -0.493 e. The molecule has 1 heterocycles. The van der Waals surface area contributed by atoms with Gasteiger partial charge in [0, 0.05) is 5.69 Å². The number of hydrogen-bond donors (Lipinski definition) is 2. The Bertz CT molecular complexity index is 1130. The number of nitrogens with zero attached hydrogens (tertiary/aromatic N) is 2. The standard InChI is InChI=1S/C21H20N4O7/c1-12-4-6-14(7-5-12)22-19(26)11-24-20(27)15(23-21(24)28)8-13-9-17(31-2)18(32-3)10-16(13)25(29)30/h4-10H,11H2,1-3H3,(H,22,26)(H,23,28)/b15-8+. The summed E-state index contributed by atoms with van der Waals surface area (Å²) in [6.45, 7) is 1.37. The van der Waals surface area contributed by atoms with Gasteiger partial charge >= 0.3 is 6.03 Å². The van der Waals surface area contributed by atoms with E-state index in [1.165, 1.54) is 20.3 Å². The molecule has 1 fully saturated rings. The maximum Gasteiger partial charge on any atom is 0.329 e. The smallest absolute Gasteiger partial charge is 0.329 e. The largest absolute Gasteiger partial charge is 0.493 e. The third-order valence-corrected chi connectivity index (χ3v) is 4.63. The van der Waals surface area contributed by atoms with Gasteiger partial charge in [-0.2, -0.15) is 0 Å². The van der Waals surface area contributed by atoms with Crippen molar-refractivity contribution in [1.82, 2.24) is 10.2 Å². The summed E-state index contributed by atoms with van der Waals surface area (Å²) in [7, 11) is 2.69. The molecule has 4 amide bonds. The van der Waals surface area contributed by atoms with Crippen LogP contribution in [0.25, 0.3) is 6.08 Å². The van der Waals surface area contributed by atoms with E-state index in [-0.39, 0.29) is 28.4 Å². The van der Waals surface area contributed by atoms with Gasteiger partial charge in [0.25, 0.3) is 11.6 Å². The summed E-state index contributed by atoms with van der Waals surface area (Å²) >= 11 is 0. The Kier molecular flexibility index (Phi) is 6.38. The average Bonchev–Trinajstić information content (AvgIpc) is 3.02. The molecular formula is C21H20N4O7. The number of nitro benzene ring substituents is 1. The number of hydrogen-bond acceptors (Lipinski definition) is 7. The highest BCUT2D eigenvalue weighted by Crippen LogP contribution is 2.35. The summed E-state index contributed by atoms with van der Waals surface area (Å²) in [5.74, 6) is -1.03. The van der Waals surface area contributed by atoms with E-state index in [4.69, 9.17) is 9.47 Å². The summed E-state index contributed by atoms with van der Waals surface area (Å²) in [6.07, 6.45) is 1.15. The van der Waals surface area contributed by atoms with Gasteiger partial charge in [-0.15, -0.1) is 0 Å². The molecule has 166 valence electrons. The van der Waals surface area contributed by atoms with Gasteiger partial charge in [0.05, 0.1) is 30.8 Å². The first kappa shape index (κ1) is 22.3. The van der Waals surface area contributed by atoms with E-state index < -0.39 is 29.3 Å². The molecule has 0 spiro atoms. The number of imide groups is 1. The number of rotatable bonds is 7. The van der Waals surface area contributed by atoms with E-state index in [9.17, 15) is 24.5 Å². The molecule has 2 aromatic carbocycles. The molecule has 0 bridgehead atoms. The second kappa shape index (κ2) is 9.16. The number of nitrogens with one attached hydrogen (secondary N) is 2. The molecule has 11 heteroatoms. The first-order valence-corrected chi connectivity index (χ1v) is 9.35. The Morgan fingerprint density at radius 2 is 1.78 bits per heavy atom. The van der Waals surface area contributed by atoms with E-state index >= 15 is 0 Å². The van der Waals surface area contributed by atoms with Crippen molar-refractivity contribution in [2.75, 3.05) is 26.1 Å². The average molecular weight is 440 g/mol. The minimum atomic E-state index is -0.816. The van der Waals surface area contributed by atoms with Gasteiger partial charge in [-0.25, -0.2) is 9.69 Å². The molecule has 2 N–H and O–H groups in total. The van der Waals surface area contributed by atoms with Gasteiger partial charge in [-0.05, 0) is 31.2 Å². The second-order valence-electron chi connectivity index (χ2n) is 6.82. The number of anilines is 1. The molecule has 1 aliphatic heterocycles.